The van der Waals surface area contributed by atoms with Crippen LogP contribution in [-0.4, -0.2) is 25.0 Å². The maximum atomic E-state index is 11.7. The number of nitrogens with one attached hydrogen (secondary N) is 1. The Balaban J connectivity index is 0.00000400. The van der Waals surface area contributed by atoms with Crippen LogP contribution in [0.25, 0.3) is 0 Å². The molecule has 1 amide bonds. The third-order valence-corrected chi connectivity index (χ3v) is 2.70. The summed E-state index contributed by atoms with van der Waals surface area (Å²) in [5.41, 5.74) is 0.472. The van der Waals surface area contributed by atoms with Crippen LogP contribution in [0.2, 0.25) is 0 Å². The first-order chi connectivity index (χ1) is 9.49. The van der Waals surface area contributed by atoms with E-state index in [-0.39, 0.29) is 37.7 Å². The zero-order chi connectivity index (χ0) is 15.0. The van der Waals surface area contributed by atoms with Crippen molar-refractivity contribution in [3.8, 4) is 5.75 Å². The predicted octanol–water partition coefficient (Wildman–Crippen LogP) is -2.01. The topological polar surface area (TPSA) is 78.5 Å². The molecule has 0 heterocycles. The number of carbonyl (C=O) groups is 2. The number of carbonyl (C=O) groups excluding carboxylic acids is 2. The van der Waals surface area contributed by atoms with Crippen molar-refractivity contribution < 1.29 is 38.3 Å². The largest absolute Gasteiger partial charge is 1.00 e. The Hall–Kier alpha value is -1.44. The maximum absolute atomic E-state index is 11.7. The predicted molar refractivity (Wildman–Crippen MR) is 73.3 cm³/mol. The Morgan fingerprint density at radius 2 is 1.86 bits per heavy atom. The van der Waals surface area contributed by atoms with E-state index in [1.54, 1.807) is 24.3 Å². The molecule has 1 N–H and O–H groups in total. The van der Waals surface area contributed by atoms with Crippen molar-refractivity contribution in [1.29, 1.82) is 0 Å². The molecule has 5 nitrogen and oxygen atoms in total. The van der Waals surface area contributed by atoms with Gasteiger partial charge in [0.05, 0.1) is 6.61 Å². The summed E-state index contributed by atoms with van der Waals surface area (Å²) >= 11 is 0. The summed E-state index contributed by atoms with van der Waals surface area (Å²) in [6.07, 6.45) is 0.785. The van der Waals surface area contributed by atoms with Gasteiger partial charge in [-0.1, -0.05) is 13.8 Å². The van der Waals surface area contributed by atoms with E-state index in [1.807, 2.05) is 0 Å². The van der Waals surface area contributed by atoms with Crippen molar-refractivity contribution >= 4 is 11.9 Å². The van der Waals surface area contributed by atoms with Crippen LogP contribution in [0.1, 0.15) is 37.0 Å². The molecule has 0 bridgehead atoms. The van der Waals surface area contributed by atoms with Gasteiger partial charge in [-0.3, -0.25) is 4.79 Å². The maximum Gasteiger partial charge on any atom is 1.00 e. The second-order valence-electron chi connectivity index (χ2n) is 4.93. The minimum atomic E-state index is -1.18. The molecule has 1 rings (SSSR count). The van der Waals surface area contributed by atoms with Gasteiger partial charge in [0, 0.05) is 24.5 Å². The third-order valence-electron chi connectivity index (χ3n) is 2.70. The number of benzene rings is 1. The van der Waals surface area contributed by atoms with Gasteiger partial charge in [0.25, 0.3) is 5.91 Å². The van der Waals surface area contributed by atoms with Gasteiger partial charge in [0.1, 0.15) is 5.75 Å². The number of hydrogen-bond acceptors (Lipinski definition) is 4. The molecule has 0 aromatic heterocycles. The van der Waals surface area contributed by atoms with Crippen LogP contribution in [0.15, 0.2) is 24.3 Å². The smallest absolute Gasteiger partial charge is 0.550 e. The Morgan fingerprint density at radius 1 is 1.24 bits per heavy atom. The summed E-state index contributed by atoms with van der Waals surface area (Å²) in [7, 11) is 0. The molecule has 0 saturated heterocycles. The Kier molecular flexibility index (Phi) is 9.60. The van der Waals surface area contributed by atoms with Crippen LogP contribution in [-0.2, 0) is 4.79 Å². The molecule has 1 aromatic rings. The standard InChI is InChI=1S/C15H21NO4.Li/c1-11(2)8-10-20-13-5-3-12(4-6-13)15(19)16-9-7-14(17)18;/h3-6,11H,7-10H2,1-2H3,(H,16,19)(H,17,18);/q;+1/p-1. The van der Waals surface area contributed by atoms with Crippen LogP contribution >= 0.6 is 0 Å². The van der Waals surface area contributed by atoms with E-state index < -0.39 is 5.97 Å². The van der Waals surface area contributed by atoms with Crippen LogP contribution in [0.4, 0.5) is 0 Å². The molecular weight excluding hydrogens is 265 g/mol. The Bertz CT molecular complexity index is 445. The van der Waals surface area contributed by atoms with Gasteiger partial charge in [-0.2, -0.15) is 0 Å². The summed E-state index contributed by atoms with van der Waals surface area (Å²) in [6.45, 7) is 4.97. The van der Waals surface area contributed by atoms with Crippen LogP contribution in [0.3, 0.4) is 0 Å². The molecule has 0 aliphatic rings. The first-order valence-electron chi connectivity index (χ1n) is 6.70. The van der Waals surface area contributed by atoms with Gasteiger partial charge < -0.3 is 20.0 Å². The normalized spacial score (nSPS) is 9.86. The molecule has 0 fully saturated rings. The van der Waals surface area contributed by atoms with Gasteiger partial charge >= 0.3 is 18.9 Å². The fourth-order valence-corrected chi connectivity index (χ4v) is 1.50. The van der Waals surface area contributed by atoms with Gasteiger partial charge in [0.2, 0.25) is 0 Å². The molecule has 0 saturated carbocycles. The van der Waals surface area contributed by atoms with Crippen molar-refractivity contribution in [2.75, 3.05) is 13.2 Å². The third kappa shape index (κ3) is 8.44. The van der Waals surface area contributed by atoms with Gasteiger partial charge in [-0.05, 0) is 36.6 Å². The summed E-state index contributed by atoms with van der Waals surface area (Å²) in [6, 6.07) is 6.76. The average molecular weight is 285 g/mol. The molecule has 0 atom stereocenters. The number of carboxylic acids is 1. The Labute approximate surface area is 137 Å². The van der Waals surface area contributed by atoms with Crippen LogP contribution in [0, 0.1) is 5.92 Å². The molecule has 0 aliphatic heterocycles. The van der Waals surface area contributed by atoms with Crippen molar-refractivity contribution in [2.45, 2.75) is 26.7 Å². The average Bonchev–Trinajstić information content (AvgIpc) is 2.38. The molecule has 0 radical (unpaired) electrons. The van der Waals surface area contributed by atoms with Crippen LogP contribution in [0.5, 0.6) is 5.75 Å². The zero-order valence-corrected chi connectivity index (χ0v) is 12.8. The molecule has 1 aromatic carbocycles. The van der Waals surface area contributed by atoms with E-state index in [4.69, 9.17) is 4.74 Å². The number of carboxylic acid groups (broad SMARTS) is 1. The minimum Gasteiger partial charge on any atom is -0.550 e. The minimum absolute atomic E-state index is 0. The first-order valence-corrected chi connectivity index (χ1v) is 6.70. The number of amides is 1. The summed E-state index contributed by atoms with van der Waals surface area (Å²) in [4.78, 5) is 21.9. The first kappa shape index (κ1) is 19.6. The number of ether oxygens (including phenoxy) is 1. The zero-order valence-electron chi connectivity index (χ0n) is 12.8. The van der Waals surface area contributed by atoms with Gasteiger partial charge in [0.15, 0.2) is 0 Å². The summed E-state index contributed by atoms with van der Waals surface area (Å²) in [5, 5.41) is 12.7. The van der Waals surface area contributed by atoms with E-state index >= 15 is 0 Å². The van der Waals surface area contributed by atoms with Crippen molar-refractivity contribution in [2.24, 2.45) is 5.92 Å². The molecule has 110 valence electrons. The van der Waals surface area contributed by atoms with Crippen LogP contribution < -0.4 is 34.0 Å². The van der Waals surface area contributed by atoms with E-state index in [9.17, 15) is 14.7 Å². The monoisotopic (exact) mass is 285 g/mol. The number of aliphatic carboxylic acids is 1. The second-order valence-corrected chi connectivity index (χ2v) is 4.93. The number of rotatable bonds is 8. The van der Waals surface area contributed by atoms with E-state index in [0.29, 0.717) is 18.1 Å². The van der Waals surface area contributed by atoms with E-state index in [0.717, 1.165) is 12.2 Å². The van der Waals surface area contributed by atoms with E-state index in [1.165, 1.54) is 0 Å². The quantitative estimate of drug-likeness (QED) is 0.560. The second kappa shape index (κ2) is 10.3. The molecule has 0 aliphatic carbocycles. The molecule has 0 spiro atoms. The van der Waals surface area contributed by atoms with Crippen molar-refractivity contribution in [1.82, 2.24) is 5.32 Å². The summed E-state index contributed by atoms with van der Waals surface area (Å²) < 4.78 is 5.55. The van der Waals surface area contributed by atoms with E-state index in [2.05, 4.69) is 19.2 Å². The fraction of sp³-hybridized carbons (Fsp3) is 0.467. The van der Waals surface area contributed by atoms with Crippen molar-refractivity contribution in [3.05, 3.63) is 29.8 Å². The SMILES string of the molecule is CC(C)CCOc1ccc(C(=O)NCCC(=O)[O-])cc1.[Li+]. The fourth-order valence-electron chi connectivity index (χ4n) is 1.50. The number of hydrogen-bond donors (Lipinski definition) is 1. The van der Waals surface area contributed by atoms with Crippen molar-refractivity contribution in [3.63, 3.8) is 0 Å². The molecule has 21 heavy (non-hydrogen) atoms. The molecular formula is C15H20LiNO4. The molecule has 0 unspecified atom stereocenters. The molecule has 6 heteroatoms. The van der Waals surface area contributed by atoms with Gasteiger partial charge in [-0.15, -0.1) is 0 Å². The van der Waals surface area contributed by atoms with Gasteiger partial charge in [-0.25, -0.2) is 0 Å². The Morgan fingerprint density at radius 3 is 2.38 bits per heavy atom. The summed E-state index contributed by atoms with van der Waals surface area (Å²) in [5.74, 6) is -0.181.